The smallest absolute Gasteiger partial charge is 0.410 e. The van der Waals surface area contributed by atoms with Crippen LogP contribution in [0, 0.1) is 11.8 Å². The Balaban J connectivity index is 1.73. The van der Waals surface area contributed by atoms with Gasteiger partial charge in [0.25, 0.3) is 0 Å². The summed E-state index contributed by atoms with van der Waals surface area (Å²) in [5, 5.41) is 9.31. The maximum atomic E-state index is 12.8. The topological polar surface area (TPSA) is 121 Å². The van der Waals surface area contributed by atoms with Crippen molar-refractivity contribution in [3.63, 3.8) is 0 Å². The normalized spacial score (nSPS) is 11.4. The van der Waals surface area contributed by atoms with Crippen LogP contribution in [0.3, 0.4) is 0 Å². The van der Waals surface area contributed by atoms with Crippen LogP contribution in [-0.2, 0) is 9.53 Å². The van der Waals surface area contributed by atoms with Crippen LogP contribution in [0.4, 0.5) is 27.9 Å². The van der Waals surface area contributed by atoms with Crippen molar-refractivity contribution in [2.24, 2.45) is 0 Å². The maximum absolute atomic E-state index is 12.8. The number of ether oxygens (including phenoxy) is 1. The Morgan fingerprint density at radius 1 is 1.10 bits per heavy atom. The molecule has 204 valence electrons. The SMILES string of the molecule is CCCNc1nc(Nc2ccncc2)ncc1C#Cc1cccc(NC(=O)[C@H](C)N(C)C(=O)OC(C)(C)C)c1. The number of benzene rings is 1. The van der Waals surface area contributed by atoms with Crippen molar-refractivity contribution in [2.45, 2.75) is 52.7 Å². The van der Waals surface area contributed by atoms with Gasteiger partial charge < -0.3 is 20.7 Å². The van der Waals surface area contributed by atoms with Crippen molar-refractivity contribution in [2.75, 3.05) is 29.5 Å². The van der Waals surface area contributed by atoms with Crippen molar-refractivity contribution < 1.29 is 14.3 Å². The first-order valence-corrected chi connectivity index (χ1v) is 12.7. The van der Waals surface area contributed by atoms with Crippen LogP contribution in [0.2, 0.25) is 0 Å². The van der Waals surface area contributed by atoms with Gasteiger partial charge in [0.2, 0.25) is 11.9 Å². The van der Waals surface area contributed by atoms with Gasteiger partial charge in [-0.05, 0) is 64.4 Å². The lowest BCUT2D eigenvalue weighted by molar-refractivity contribution is -0.120. The van der Waals surface area contributed by atoms with Gasteiger partial charge in [0.15, 0.2) is 0 Å². The minimum absolute atomic E-state index is 0.342. The molecular formula is C29H35N7O3. The van der Waals surface area contributed by atoms with Crippen molar-refractivity contribution >= 4 is 35.1 Å². The second-order valence-corrected chi connectivity index (χ2v) is 9.83. The second kappa shape index (κ2) is 13.2. The Bertz CT molecular complexity index is 1340. The van der Waals surface area contributed by atoms with Crippen LogP contribution in [0.25, 0.3) is 0 Å². The molecule has 2 heterocycles. The average molecular weight is 530 g/mol. The van der Waals surface area contributed by atoms with Gasteiger partial charge >= 0.3 is 6.09 Å². The maximum Gasteiger partial charge on any atom is 0.410 e. The predicted molar refractivity (Wildman–Crippen MR) is 153 cm³/mol. The largest absolute Gasteiger partial charge is 0.444 e. The van der Waals surface area contributed by atoms with E-state index in [1.54, 1.807) is 64.5 Å². The highest BCUT2D eigenvalue weighted by molar-refractivity contribution is 5.96. The Morgan fingerprint density at radius 2 is 1.85 bits per heavy atom. The van der Waals surface area contributed by atoms with Crippen LogP contribution in [-0.4, -0.2) is 57.1 Å². The van der Waals surface area contributed by atoms with Gasteiger partial charge in [0.05, 0.1) is 11.8 Å². The first-order valence-electron chi connectivity index (χ1n) is 12.7. The number of anilines is 4. The van der Waals surface area contributed by atoms with E-state index in [1.165, 1.54) is 11.9 Å². The number of carbonyl (C=O) groups excluding carboxylic acids is 2. The molecular weight excluding hydrogens is 494 g/mol. The van der Waals surface area contributed by atoms with Crippen LogP contribution >= 0.6 is 0 Å². The van der Waals surface area contributed by atoms with Crippen LogP contribution in [0.1, 0.15) is 52.2 Å². The molecule has 0 fully saturated rings. The Labute approximate surface area is 229 Å². The van der Waals surface area contributed by atoms with Gasteiger partial charge in [-0.2, -0.15) is 4.98 Å². The minimum atomic E-state index is -0.738. The van der Waals surface area contributed by atoms with Crippen molar-refractivity contribution in [3.05, 3.63) is 66.1 Å². The zero-order valence-electron chi connectivity index (χ0n) is 23.2. The molecule has 0 aliphatic rings. The van der Waals surface area contributed by atoms with Gasteiger partial charge in [-0.1, -0.05) is 24.8 Å². The van der Waals surface area contributed by atoms with Gasteiger partial charge in [-0.15, -0.1) is 0 Å². The number of nitrogens with zero attached hydrogens (tertiary/aromatic N) is 4. The lowest BCUT2D eigenvalue weighted by Crippen LogP contribution is -2.45. The van der Waals surface area contributed by atoms with Gasteiger partial charge in [0, 0.05) is 42.9 Å². The Hall–Kier alpha value is -4.65. The summed E-state index contributed by atoms with van der Waals surface area (Å²) >= 11 is 0. The number of rotatable bonds is 8. The molecule has 0 spiro atoms. The number of carbonyl (C=O) groups is 2. The molecule has 10 nitrogen and oxygen atoms in total. The highest BCUT2D eigenvalue weighted by atomic mass is 16.6. The molecule has 2 aromatic heterocycles. The monoisotopic (exact) mass is 529 g/mol. The van der Waals surface area contributed by atoms with Crippen LogP contribution < -0.4 is 16.0 Å². The van der Waals surface area contributed by atoms with Gasteiger partial charge in [0.1, 0.15) is 17.5 Å². The van der Waals surface area contributed by atoms with Gasteiger partial charge in [-0.3, -0.25) is 14.7 Å². The summed E-state index contributed by atoms with van der Waals surface area (Å²) < 4.78 is 5.35. The number of hydrogen-bond acceptors (Lipinski definition) is 8. The molecule has 3 rings (SSSR count). The van der Waals surface area contributed by atoms with E-state index in [-0.39, 0.29) is 5.91 Å². The van der Waals surface area contributed by atoms with E-state index in [1.807, 2.05) is 18.2 Å². The highest BCUT2D eigenvalue weighted by Crippen LogP contribution is 2.18. The molecule has 2 amide bonds. The molecule has 10 heteroatoms. The summed E-state index contributed by atoms with van der Waals surface area (Å²) in [4.78, 5) is 39.4. The Kier molecular flexibility index (Phi) is 9.81. The van der Waals surface area contributed by atoms with E-state index in [0.717, 1.165) is 18.7 Å². The third kappa shape index (κ3) is 9.00. The predicted octanol–water partition coefficient (Wildman–Crippen LogP) is 5.03. The van der Waals surface area contributed by atoms with Crippen LogP contribution in [0.5, 0.6) is 0 Å². The van der Waals surface area contributed by atoms with Crippen molar-refractivity contribution in [1.29, 1.82) is 0 Å². The molecule has 0 radical (unpaired) electrons. The summed E-state index contributed by atoms with van der Waals surface area (Å²) in [6.07, 6.45) is 5.40. The first-order chi connectivity index (χ1) is 18.6. The average Bonchev–Trinajstić information content (AvgIpc) is 2.90. The summed E-state index contributed by atoms with van der Waals surface area (Å²) in [5.41, 5.74) is 2.08. The molecule has 0 bridgehead atoms. The molecule has 39 heavy (non-hydrogen) atoms. The van der Waals surface area contributed by atoms with Crippen LogP contribution in [0.15, 0.2) is 55.0 Å². The molecule has 0 saturated carbocycles. The highest BCUT2D eigenvalue weighted by Gasteiger charge is 2.27. The standard InChI is InChI=1S/C29H35N7O3/c1-7-15-31-25-22(19-32-27(35-25)34-23-13-16-30-17-14-23)12-11-21-9-8-10-24(18-21)33-26(37)20(2)36(6)28(38)39-29(3,4)5/h8-10,13-14,16-20H,7,15H2,1-6H3,(H,33,37)(H2,30,31,32,34,35)/t20-/m0/s1. The van der Waals surface area contributed by atoms with E-state index in [4.69, 9.17) is 4.74 Å². The third-order valence-electron chi connectivity index (χ3n) is 5.38. The number of aromatic nitrogens is 3. The summed E-state index contributed by atoms with van der Waals surface area (Å²) in [6, 6.07) is 10.1. The van der Waals surface area contributed by atoms with E-state index < -0.39 is 17.7 Å². The number of hydrogen-bond donors (Lipinski definition) is 3. The summed E-state index contributed by atoms with van der Waals surface area (Å²) in [5.74, 6) is 6.98. The van der Waals surface area contributed by atoms with Crippen molar-refractivity contribution in [3.8, 4) is 11.8 Å². The lowest BCUT2D eigenvalue weighted by Gasteiger charge is -2.28. The number of pyridine rings is 1. The molecule has 0 aliphatic heterocycles. The zero-order chi connectivity index (χ0) is 28.4. The molecule has 0 unspecified atom stereocenters. The fourth-order valence-electron chi connectivity index (χ4n) is 3.20. The third-order valence-corrected chi connectivity index (χ3v) is 5.38. The van der Waals surface area contributed by atoms with E-state index in [0.29, 0.717) is 28.6 Å². The molecule has 0 saturated heterocycles. The fraction of sp³-hybridized carbons (Fsp3) is 0.345. The minimum Gasteiger partial charge on any atom is -0.444 e. The fourth-order valence-corrected chi connectivity index (χ4v) is 3.20. The molecule has 1 atom stereocenters. The molecule has 1 aromatic carbocycles. The van der Waals surface area contributed by atoms with E-state index in [9.17, 15) is 9.59 Å². The summed E-state index contributed by atoms with van der Waals surface area (Å²) in [7, 11) is 1.53. The first kappa shape index (κ1) is 28.9. The number of nitrogens with one attached hydrogen (secondary N) is 3. The summed E-state index contributed by atoms with van der Waals surface area (Å²) in [6.45, 7) is 9.77. The lowest BCUT2D eigenvalue weighted by atomic mass is 10.1. The number of amides is 2. The zero-order valence-corrected chi connectivity index (χ0v) is 23.2. The van der Waals surface area contributed by atoms with Gasteiger partial charge in [-0.25, -0.2) is 9.78 Å². The second-order valence-electron chi connectivity index (χ2n) is 9.83. The van der Waals surface area contributed by atoms with Crippen molar-refractivity contribution in [1.82, 2.24) is 19.9 Å². The molecule has 0 aliphatic carbocycles. The molecule has 3 aromatic rings. The Morgan fingerprint density at radius 3 is 2.54 bits per heavy atom. The quantitative estimate of drug-likeness (QED) is 0.348. The number of likely N-dealkylation sites (N-methyl/N-ethyl adjacent to an activating group) is 1. The van der Waals surface area contributed by atoms with E-state index >= 15 is 0 Å². The molecule has 3 N–H and O–H groups in total. The van der Waals surface area contributed by atoms with E-state index in [2.05, 4.69) is 49.7 Å².